The van der Waals surface area contributed by atoms with Crippen molar-refractivity contribution < 1.29 is 36.3 Å². The van der Waals surface area contributed by atoms with Crippen molar-refractivity contribution in [1.29, 1.82) is 0 Å². The van der Waals surface area contributed by atoms with E-state index in [9.17, 15) is 22.4 Å². The molecule has 2 amide bonds. The normalized spacial score (nSPS) is 11.9. The Hall–Kier alpha value is -4.97. The zero-order valence-electron chi connectivity index (χ0n) is 26.5. The van der Waals surface area contributed by atoms with Crippen molar-refractivity contribution in [3.05, 3.63) is 120 Å². The second-order valence-electron chi connectivity index (χ2n) is 11.0. The van der Waals surface area contributed by atoms with Crippen LogP contribution in [0, 0.1) is 11.6 Å². The van der Waals surface area contributed by atoms with Crippen LogP contribution >= 0.6 is 0 Å². The summed E-state index contributed by atoms with van der Waals surface area (Å²) < 4.78 is 68.8. The monoisotopic (exact) mass is 665 g/mol. The number of hydrogen-bond donors (Lipinski definition) is 1. The molecule has 1 N–H and O–H groups in total. The topological polar surface area (TPSA) is 105 Å². The number of anilines is 1. The van der Waals surface area contributed by atoms with Crippen LogP contribution in [-0.2, 0) is 32.6 Å². The first-order valence-corrected chi connectivity index (χ1v) is 16.3. The van der Waals surface area contributed by atoms with E-state index in [2.05, 4.69) is 5.32 Å². The third-order valence-electron chi connectivity index (χ3n) is 7.34. The molecule has 248 valence electrons. The number of nitrogens with one attached hydrogen (secondary N) is 1. The van der Waals surface area contributed by atoms with Gasteiger partial charge in [0.1, 0.15) is 24.2 Å². The Morgan fingerprint density at radius 1 is 0.830 bits per heavy atom. The lowest BCUT2D eigenvalue weighted by molar-refractivity contribution is -0.140. The molecule has 0 heterocycles. The molecule has 0 bridgehead atoms. The van der Waals surface area contributed by atoms with Crippen LogP contribution < -0.4 is 19.1 Å². The molecular weight excluding hydrogens is 628 g/mol. The van der Waals surface area contributed by atoms with Crippen LogP contribution in [0.2, 0.25) is 0 Å². The first kappa shape index (κ1) is 34.9. The lowest BCUT2D eigenvalue weighted by Crippen LogP contribution is -2.54. The maximum atomic E-state index is 15.0. The van der Waals surface area contributed by atoms with E-state index in [0.717, 1.165) is 22.0 Å². The van der Waals surface area contributed by atoms with Crippen molar-refractivity contribution in [1.82, 2.24) is 10.2 Å². The van der Waals surface area contributed by atoms with E-state index in [-0.39, 0.29) is 46.7 Å². The number of amides is 2. The number of halogens is 2. The van der Waals surface area contributed by atoms with E-state index in [1.807, 2.05) is 6.07 Å². The molecule has 1 atom stereocenters. The minimum absolute atomic E-state index is 0.00776. The highest BCUT2D eigenvalue weighted by atomic mass is 32.2. The Labute approximate surface area is 273 Å². The summed E-state index contributed by atoms with van der Waals surface area (Å²) in [6.45, 7) is 2.41. The molecular formula is C35H37F2N3O6S. The van der Waals surface area contributed by atoms with Gasteiger partial charge in [-0.25, -0.2) is 17.2 Å². The number of rotatable bonds is 14. The zero-order valence-corrected chi connectivity index (χ0v) is 27.3. The van der Waals surface area contributed by atoms with Gasteiger partial charge >= 0.3 is 0 Å². The summed E-state index contributed by atoms with van der Waals surface area (Å²) in [5.74, 6) is -2.08. The molecule has 1 unspecified atom stereocenters. The minimum atomic E-state index is -4.50. The van der Waals surface area contributed by atoms with Crippen LogP contribution in [0.15, 0.2) is 102 Å². The summed E-state index contributed by atoms with van der Waals surface area (Å²) in [4.78, 5) is 29.1. The van der Waals surface area contributed by atoms with Gasteiger partial charge in [0.05, 0.1) is 24.8 Å². The summed E-state index contributed by atoms with van der Waals surface area (Å²) in [5, 5.41) is 2.84. The molecule has 47 heavy (non-hydrogen) atoms. The molecule has 0 aliphatic carbocycles. The lowest BCUT2D eigenvalue weighted by atomic mass is 10.0. The molecule has 0 aliphatic rings. The second kappa shape index (κ2) is 15.5. The molecule has 0 saturated carbocycles. The van der Waals surface area contributed by atoms with Crippen molar-refractivity contribution in [3.63, 3.8) is 0 Å². The maximum absolute atomic E-state index is 15.0. The molecule has 9 nitrogen and oxygen atoms in total. The van der Waals surface area contributed by atoms with Crippen molar-refractivity contribution in [2.75, 3.05) is 25.1 Å². The third kappa shape index (κ3) is 8.64. The Bertz CT molecular complexity index is 1790. The highest BCUT2D eigenvalue weighted by molar-refractivity contribution is 7.92. The Morgan fingerprint density at radius 3 is 2.09 bits per heavy atom. The van der Waals surface area contributed by atoms with Crippen LogP contribution in [0.25, 0.3) is 0 Å². The van der Waals surface area contributed by atoms with Gasteiger partial charge in [-0.05, 0) is 61.9 Å². The quantitative estimate of drug-likeness (QED) is 0.195. The highest BCUT2D eigenvalue weighted by Gasteiger charge is 2.35. The van der Waals surface area contributed by atoms with Crippen molar-refractivity contribution in [2.45, 2.75) is 43.8 Å². The SMILES string of the molecule is COc1ccc(S(=O)(=O)N(CC(=O)N(Cc2ccccc2F)C(Cc2ccccc2)C(=O)NC(C)C)c2ccc(F)cc2)cc1OC. The van der Waals surface area contributed by atoms with Crippen molar-refractivity contribution in [2.24, 2.45) is 0 Å². The molecule has 0 saturated heterocycles. The first-order chi connectivity index (χ1) is 22.4. The van der Waals surface area contributed by atoms with Gasteiger partial charge in [-0.15, -0.1) is 0 Å². The van der Waals surface area contributed by atoms with Crippen LogP contribution in [0.1, 0.15) is 25.0 Å². The minimum Gasteiger partial charge on any atom is -0.493 e. The number of hydrogen-bond acceptors (Lipinski definition) is 6. The van der Waals surface area contributed by atoms with Gasteiger partial charge < -0.3 is 19.7 Å². The first-order valence-electron chi connectivity index (χ1n) is 14.8. The molecule has 4 rings (SSSR count). The fourth-order valence-corrected chi connectivity index (χ4v) is 6.42. The van der Waals surface area contributed by atoms with E-state index in [1.165, 1.54) is 67.7 Å². The fraction of sp³-hybridized carbons (Fsp3) is 0.257. The maximum Gasteiger partial charge on any atom is 0.264 e. The van der Waals surface area contributed by atoms with Crippen molar-refractivity contribution in [3.8, 4) is 11.5 Å². The standard InChI is InChI=1S/C35H37F2N3O6S/c1-24(2)38-35(42)31(20-25-10-6-5-7-11-25)39(22-26-12-8-9-13-30(26)37)34(41)23-40(28-16-14-27(36)15-17-28)47(43,44)29-18-19-32(45-3)33(21-29)46-4/h5-19,21,24,31H,20,22-23H2,1-4H3,(H,38,42). The van der Waals surface area contributed by atoms with E-state index in [0.29, 0.717) is 0 Å². The van der Waals surface area contributed by atoms with Crippen LogP contribution in [0.4, 0.5) is 14.5 Å². The number of carbonyl (C=O) groups excluding carboxylic acids is 2. The number of methoxy groups -OCH3 is 2. The Kier molecular flexibility index (Phi) is 11.5. The predicted molar refractivity (Wildman–Crippen MR) is 175 cm³/mol. The molecule has 12 heteroatoms. The summed E-state index contributed by atoms with van der Waals surface area (Å²) in [6.07, 6.45) is 0.0680. The number of sulfonamides is 1. The van der Waals surface area contributed by atoms with E-state index < -0.39 is 46.1 Å². The summed E-state index contributed by atoms with van der Waals surface area (Å²) in [7, 11) is -1.75. The van der Waals surface area contributed by atoms with E-state index in [4.69, 9.17) is 9.47 Å². The van der Waals surface area contributed by atoms with Crippen LogP contribution in [0.3, 0.4) is 0 Å². The van der Waals surface area contributed by atoms with Gasteiger partial charge in [0.2, 0.25) is 11.8 Å². The molecule has 0 aromatic heterocycles. The molecule has 0 spiro atoms. The van der Waals surface area contributed by atoms with E-state index in [1.54, 1.807) is 44.2 Å². The van der Waals surface area contributed by atoms with Crippen LogP contribution in [-0.4, -0.2) is 58.0 Å². The molecule has 0 aliphatic heterocycles. The summed E-state index contributed by atoms with van der Waals surface area (Å²) >= 11 is 0. The largest absolute Gasteiger partial charge is 0.493 e. The van der Waals surface area contributed by atoms with Crippen molar-refractivity contribution >= 4 is 27.5 Å². The van der Waals surface area contributed by atoms with E-state index >= 15 is 4.39 Å². The molecule has 4 aromatic carbocycles. The molecule has 0 radical (unpaired) electrons. The zero-order chi connectivity index (χ0) is 34.1. The van der Waals surface area contributed by atoms with Gasteiger partial charge in [-0.2, -0.15) is 0 Å². The summed E-state index contributed by atoms with van der Waals surface area (Å²) in [6, 6.07) is 22.0. The smallest absolute Gasteiger partial charge is 0.264 e. The Morgan fingerprint density at radius 2 is 1.47 bits per heavy atom. The van der Waals surface area contributed by atoms with Gasteiger partial charge in [0.25, 0.3) is 10.0 Å². The number of ether oxygens (including phenoxy) is 2. The van der Waals surface area contributed by atoms with Gasteiger partial charge in [0.15, 0.2) is 11.5 Å². The third-order valence-corrected chi connectivity index (χ3v) is 9.11. The van der Waals surface area contributed by atoms with Crippen LogP contribution in [0.5, 0.6) is 11.5 Å². The average Bonchev–Trinajstić information content (AvgIpc) is 3.06. The number of nitrogens with zero attached hydrogens (tertiary/aromatic N) is 2. The molecule has 0 fully saturated rings. The van der Waals surface area contributed by atoms with Gasteiger partial charge in [-0.3, -0.25) is 13.9 Å². The summed E-state index contributed by atoms with van der Waals surface area (Å²) in [5.41, 5.74) is 0.857. The predicted octanol–water partition coefficient (Wildman–Crippen LogP) is 5.34. The Balaban J connectivity index is 1.83. The second-order valence-corrected chi connectivity index (χ2v) is 12.8. The van der Waals surface area contributed by atoms with Gasteiger partial charge in [0, 0.05) is 30.6 Å². The average molecular weight is 666 g/mol. The molecule has 4 aromatic rings. The van der Waals surface area contributed by atoms with Gasteiger partial charge in [-0.1, -0.05) is 48.5 Å². The fourth-order valence-electron chi connectivity index (χ4n) is 4.99. The lowest BCUT2D eigenvalue weighted by Gasteiger charge is -2.34. The number of benzene rings is 4. The number of carbonyl (C=O) groups is 2. The highest BCUT2D eigenvalue weighted by Crippen LogP contribution is 2.32.